The number of carbonyl (C=O) groups is 4. The number of nitrogens with zero attached hydrogens (tertiary/aromatic N) is 3. The Morgan fingerprint density at radius 2 is 1.21 bits per heavy atom. The lowest BCUT2D eigenvalue weighted by Gasteiger charge is -2.26. The van der Waals surface area contributed by atoms with Crippen LogP contribution in [0, 0.1) is 0 Å². The second kappa shape index (κ2) is 27.3. The zero-order chi connectivity index (χ0) is 45.5. The van der Waals surface area contributed by atoms with Gasteiger partial charge in [0, 0.05) is 43.2 Å². The summed E-state index contributed by atoms with van der Waals surface area (Å²) in [5.74, 6) is 2.37. The minimum absolute atomic E-state index is 0.0458. The molecule has 0 spiro atoms. The van der Waals surface area contributed by atoms with E-state index in [1.165, 1.54) is 6.42 Å². The molecule has 2 aromatic heterocycles. The zero-order valence-corrected chi connectivity index (χ0v) is 38.2. The fraction of sp³-hybridized carbons (Fsp3) is 0.542. The SMILES string of the molecule is CCC(=O)CCCCCC(NC(=O)CCCS(N)(=O)=O)c1ncc(-c2ccccc2)o1.CCC(=O)CCCCC[C@H](NC(=O)[C@@H]1CCCCCN1C)c1ncc(-c2ccccc2)o1. The van der Waals surface area contributed by atoms with Crippen LogP contribution < -0.4 is 15.8 Å². The average molecular weight is 889 g/mol. The monoisotopic (exact) mass is 888 g/mol. The number of benzene rings is 2. The number of aromatic nitrogens is 2. The molecule has 0 saturated carbocycles. The lowest BCUT2D eigenvalue weighted by Crippen LogP contribution is -2.45. The van der Waals surface area contributed by atoms with E-state index in [0.717, 1.165) is 81.9 Å². The van der Waals surface area contributed by atoms with Gasteiger partial charge in [-0.15, -0.1) is 0 Å². The Morgan fingerprint density at radius 1 is 0.698 bits per heavy atom. The molecule has 4 N–H and O–H groups in total. The molecule has 1 unspecified atom stereocenters. The van der Waals surface area contributed by atoms with Crippen molar-refractivity contribution in [3.05, 3.63) is 84.8 Å². The molecule has 0 bridgehead atoms. The van der Waals surface area contributed by atoms with Gasteiger partial charge in [-0.1, -0.05) is 113 Å². The number of amides is 2. The first-order chi connectivity index (χ1) is 30.4. The van der Waals surface area contributed by atoms with Crippen molar-refractivity contribution in [2.24, 2.45) is 5.14 Å². The number of rotatable bonds is 25. The Hall–Kier alpha value is -4.99. The van der Waals surface area contributed by atoms with E-state index in [0.29, 0.717) is 61.2 Å². The van der Waals surface area contributed by atoms with Gasteiger partial charge in [-0.3, -0.25) is 24.1 Å². The quantitative estimate of drug-likeness (QED) is 0.0536. The summed E-state index contributed by atoms with van der Waals surface area (Å²) in [7, 11) is -1.56. The number of nitrogens with two attached hydrogens (primary N) is 1. The number of ketones is 2. The average Bonchev–Trinajstić information content (AvgIpc) is 3.93. The molecule has 4 aromatic rings. The number of hydrogen-bond donors (Lipinski definition) is 3. The molecule has 1 fully saturated rings. The zero-order valence-electron chi connectivity index (χ0n) is 37.4. The molecule has 1 aliphatic rings. The summed E-state index contributed by atoms with van der Waals surface area (Å²) in [5.41, 5.74) is 1.86. The molecule has 1 aliphatic heterocycles. The van der Waals surface area contributed by atoms with E-state index in [-0.39, 0.29) is 48.3 Å². The Labute approximate surface area is 373 Å². The number of hydrogen-bond acceptors (Lipinski definition) is 11. The molecule has 5 rings (SSSR count). The maximum Gasteiger partial charge on any atom is 0.237 e. The van der Waals surface area contributed by atoms with Crippen LogP contribution in [0.15, 0.2) is 81.9 Å². The third kappa shape index (κ3) is 18.7. The molecular weight excluding hydrogens is 821 g/mol. The summed E-state index contributed by atoms with van der Waals surface area (Å²) in [6.45, 7) is 4.72. The number of Topliss-reactive ketones (excluding diaryl/α,β-unsaturated/α-hetero) is 2. The van der Waals surface area contributed by atoms with Crippen LogP contribution in [0.1, 0.15) is 153 Å². The fourth-order valence-corrected chi connectivity index (χ4v) is 8.03. The topological polar surface area (TPSA) is 208 Å². The van der Waals surface area contributed by atoms with Gasteiger partial charge in [0.05, 0.1) is 24.2 Å². The third-order valence-corrected chi connectivity index (χ3v) is 12.1. The Kier molecular flexibility index (Phi) is 21.9. The highest BCUT2D eigenvalue weighted by molar-refractivity contribution is 7.89. The van der Waals surface area contributed by atoms with E-state index in [1.807, 2.05) is 81.6 Å². The highest BCUT2D eigenvalue weighted by atomic mass is 32.2. The van der Waals surface area contributed by atoms with Crippen molar-refractivity contribution in [2.45, 2.75) is 148 Å². The first-order valence-corrected chi connectivity index (χ1v) is 24.4. The first-order valence-electron chi connectivity index (χ1n) is 22.7. The van der Waals surface area contributed by atoms with Crippen molar-refractivity contribution in [1.82, 2.24) is 25.5 Å². The molecule has 63 heavy (non-hydrogen) atoms. The first kappa shape index (κ1) is 50.7. The summed E-state index contributed by atoms with van der Waals surface area (Å²) in [6, 6.07) is 18.6. The molecule has 3 heterocycles. The smallest absolute Gasteiger partial charge is 0.237 e. The lowest BCUT2D eigenvalue weighted by atomic mass is 10.0. The summed E-state index contributed by atoms with van der Waals surface area (Å²) in [4.78, 5) is 59.6. The Morgan fingerprint density at radius 3 is 1.70 bits per heavy atom. The molecule has 2 aromatic carbocycles. The number of likely N-dealkylation sites (tertiary alicyclic amines) is 1. The van der Waals surface area contributed by atoms with Crippen LogP contribution in [0.25, 0.3) is 22.6 Å². The van der Waals surface area contributed by atoms with Gasteiger partial charge in [0.2, 0.25) is 33.6 Å². The van der Waals surface area contributed by atoms with Crippen LogP contribution in [0.5, 0.6) is 0 Å². The third-order valence-electron chi connectivity index (χ3n) is 11.3. The molecule has 2 amide bonds. The van der Waals surface area contributed by atoms with Crippen molar-refractivity contribution in [2.75, 3.05) is 19.3 Å². The minimum Gasteiger partial charge on any atom is -0.438 e. The molecule has 14 nitrogen and oxygen atoms in total. The van der Waals surface area contributed by atoms with Crippen molar-refractivity contribution >= 4 is 33.4 Å². The number of sulfonamides is 1. The second-order valence-corrected chi connectivity index (χ2v) is 18.1. The van der Waals surface area contributed by atoms with Crippen LogP contribution in [0.2, 0.25) is 0 Å². The van der Waals surface area contributed by atoms with E-state index < -0.39 is 16.1 Å². The maximum absolute atomic E-state index is 13.2. The number of likely N-dealkylation sites (N-methyl/N-ethyl adjacent to an activating group) is 1. The van der Waals surface area contributed by atoms with Gasteiger partial charge in [-0.25, -0.2) is 23.5 Å². The molecule has 0 aliphatic carbocycles. The van der Waals surface area contributed by atoms with E-state index in [4.69, 9.17) is 14.0 Å². The van der Waals surface area contributed by atoms with Gasteiger partial charge in [0.25, 0.3) is 0 Å². The molecular formula is C48H68N6O8S. The van der Waals surface area contributed by atoms with Crippen LogP contribution in [0.3, 0.4) is 0 Å². The number of carbonyl (C=O) groups excluding carboxylic acids is 4. The number of nitrogens with one attached hydrogen (secondary N) is 2. The summed E-state index contributed by atoms with van der Waals surface area (Å²) >= 11 is 0. The van der Waals surface area contributed by atoms with Gasteiger partial charge in [-0.05, 0) is 58.5 Å². The second-order valence-electron chi connectivity index (χ2n) is 16.3. The van der Waals surface area contributed by atoms with Crippen molar-refractivity contribution in [3.63, 3.8) is 0 Å². The molecule has 344 valence electrons. The molecule has 0 radical (unpaired) electrons. The highest BCUT2D eigenvalue weighted by Crippen LogP contribution is 2.28. The fourth-order valence-electron chi connectivity index (χ4n) is 7.48. The Balaban J connectivity index is 0.000000277. The molecule has 1 saturated heterocycles. The van der Waals surface area contributed by atoms with E-state index in [1.54, 1.807) is 12.4 Å². The minimum atomic E-state index is -3.60. The van der Waals surface area contributed by atoms with Gasteiger partial charge < -0.3 is 19.5 Å². The van der Waals surface area contributed by atoms with Crippen LogP contribution in [-0.4, -0.2) is 72.1 Å². The number of primary sulfonamides is 1. The van der Waals surface area contributed by atoms with E-state index >= 15 is 0 Å². The predicted octanol–water partition coefficient (Wildman–Crippen LogP) is 8.80. The molecule has 3 atom stereocenters. The van der Waals surface area contributed by atoms with Crippen molar-refractivity contribution < 1.29 is 36.4 Å². The van der Waals surface area contributed by atoms with Crippen LogP contribution in [-0.2, 0) is 29.2 Å². The largest absolute Gasteiger partial charge is 0.438 e. The van der Waals surface area contributed by atoms with Crippen molar-refractivity contribution in [3.8, 4) is 22.6 Å². The number of unbranched alkanes of at least 4 members (excludes halogenated alkanes) is 4. The van der Waals surface area contributed by atoms with Gasteiger partial charge >= 0.3 is 0 Å². The van der Waals surface area contributed by atoms with Crippen molar-refractivity contribution in [1.29, 1.82) is 0 Å². The van der Waals surface area contributed by atoms with E-state index in [9.17, 15) is 27.6 Å². The highest BCUT2D eigenvalue weighted by Gasteiger charge is 2.29. The standard InChI is InChI=1S/C26H37N3O3.C22H31N3O5S/c1-3-21(30)15-9-5-10-16-22(28-25(31)23-17-11-6-12-18-29(23)2)26-27-19-24(32-26)20-13-7-4-8-14-20;1-2-18(26)12-7-4-8-13-19(25-21(27)14-9-15-31(23,28)29)22-24-16-20(30-22)17-10-5-3-6-11-17/h4,7-8,13-14,19,22-23H,3,5-6,9-12,15-18H2,1-2H3,(H,28,31);3,5-6,10-11,16,19H,2,4,7-9,12-15H2,1H3,(H,25,27)(H2,23,28,29)/t22-,23-;/m0./s1. The summed E-state index contributed by atoms with van der Waals surface area (Å²) in [6.07, 6.45) is 16.8. The van der Waals surface area contributed by atoms with Gasteiger partial charge in [0.15, 0.2) is 11.5 Å². The number of oxazole rings is 2. The lowest BCUT2D eigenvalue weighted by molar-refractivity contribution is -0.127. The summed E-state index contributed by atoms with van der Waals surface area (Å²) < 4.78 is 34.1. The predicted molar refractivity (Wildman–Crippen MR) is 245 cm³/mol. The van der Waals surface area contributed by atoms with Crippen LogP contribution in [0.4, 0.5) is 0 Å². The Bertz CT molecular complexity index is 2090. The summed E-state index contributed by atoms with van der Waals surface area (Å²) in [5, 5.41) is 11.1. The van der Waals surface area contributed by atoms with Gasteiger partial charge in [0.1, 0.15) is 23.7 Å². The van der Waals surface area contributed by atoms with Gasteiger partial charge in [-0.2, -0.15) is 0 Å². The molecule has 15 heteroatoms. The van der Waals surface area contributed by atoms with E-state index in [2.05, 4.69) is 25.5 Å². The van der Waals surface area contributed by atoms with Crippen LogP contribution >= 0.6 is 0 Å². The normalized spacial score (nSPS) is 15.3. The maximum atomic E-state index is 13.2.